The zero-order valence-corrected chi connectivity index (χ0v) is 27.3. The van der Waals surface area contributed by atoms with Crippen molar-refractivity contribution < 1.29 is 0 Å². The Labute approximate surface area is 290 Å². The topological polar surface area (TPSA) is 0 Å². The van der Waals surface area contributed by atoms with E-state index in [0.29, 0.717) is 0 Å². The normalized spacial score (nSPS) is 12.0. The minimum atomic E-state index is 1.24. The molecule has 0 saturated heterocycles. The third kappa shape index (κ3) is 4.00. The SMILES string of the molecule is c1ccc2cc(-c3c4ccccc4c(-c4ccc5ccc(-c6ccc7c(c6)-c6cccc8cccc-7c68)cc5c4)c4ccccc34)ccc2c1. The minimum Gasteiger partial charge on any atom is -0.0616 e. The van der Waals surface area contributed by atoms with Gasteiger partial charge in [0.25, 0.3) is 0 Å². The summed E-state index contributed by atoms with van der Waals surface area (Å²) < 4.78 is 0. The number of rotatable bonds is 3. The minimum absolute atomic E-state index is 1.24. The Kier molecular flexibility index (Phi) is 5.76. The van der Waals surface area contributed by atoms with E-state index in [4.69, 9.17) is 0 Å². The maximum absolute atomic E-state index is 2.40. The molecule has 0 amide bonds. The molecular formula is C50H30. The molecule has 10 aromatic rings. The fourth-order valence-electron chi connectivity index (χ4n) is 8.65. The van der Waals surface area contributed by atoms with Crippen LogP contribution in [0.4, 0.5) is 0 Å². The summed E-state index contributed by atoms with van der Waals surface area (Å²) in [4.78, 5) is 0. The van der Waals surface area contributed by atoms with Crippen molar-refractivity contribution in [1.29, 1.82) is 0 Å². The molecule has 0 N–H and O–H groups in total. The molecule has 230 valence electrons. The van der Waals surface area contributed by atoms with Gasteiger partial charge in [-0.1, -0.05) is 158 Å². The Balaban J connectivity index is 1.09. The van der Waals surface area contributed by atoms with Crippen molar-refractivity contribution in [2.24, 2.45) is 0 Å². The van der Waals surface area contributed by atoms with Crippen LogP contribution in [0.1, 0.15) is 0 Å². The van der Waals surface area contributed by atoms with Crippen LogP contribution in [-0.2, 0) is 0 Å². The monoisotopic (exact) mass is 630 g/mol. The first-order valence-electron chi connectivity index (χ1n) is 17.4. The number of fused-ring (bicyclic) bond motifs is 7. The molecular weight excluding hydrogens is 601 g/mol. The van der Waals surface area contributed by atoms with Gasteiger partial charge in [0.1, 0.15) is 0 Å². The molecule has 10 aromatic carbocycles. The van der Waals surface area contributed by atoms with Gasteiger partial charge in [-0.2, -0.15) is 0 Å². The summed E-state index contributed by atoms with van der Waals surface area (Å²) in [5, 5.41) is 12.8. The van der Waals surface area contributed by atoms with E-state index in [1.54, 1.807) is 0 Å². The second-order valence-electron chi connectivity index (χ2n) is 13.6. The van der Waals surface area contributed by atoms with Gasteiger partial charge in [0.15, 0.2) is 0 Å². The molecule has 11 rings (SSSR count). The van der Waals surface area contributed by atoms with E-state index in [-0.39, 0.29) is 0 Å². The maximum atomic E-state index is 2.40. The third-order valence-corrected chi connectivity index (χ3v) is 10.9. The zero-order chi connectivity index (χ0) is 32.8. The van der Waals surface area contributed by atoms with Crippen LogP contribution in [0.15, 0.2) is 182 Å². The van der Waals surface area contributed by atoms with Crippen LogP contribution >= 0.6 is 0 Å². The molecule has 0 nitrogen and oxygen atoms in total. The Hall–Kier alpha value is -6.50. The highest BCUT2D eigenvalue weighted by Crippen LogP contribution is 2.49. The van der Waals surface area contributed by atoms with Crippen molar-refractivity contribution >= 4 is 53.9 Å². The largest absolute Gasteiger partial charge is 0.0616 e. The highest BCUT2D eigenvalue weighted by atomic mass is 14.2. The molecule has 1 aliphatic rings. The lowest BCUT2D eigenvalue weighted by molar-refractivity contribution is 1.64. The van der Waals surface area contributed by atoms with Crippen molar-refractivity contribution in [2.75, 3.05) is 0 Å². The standard InChI is InChI=1S/C50H30/c1-2-10-34-27-37(23-20-31(34)9-1)49-42-13-3-5-15-44(42)50(45-16-6-4-14-43(45)49)38-24-21-32-19-22-35(28-39(32)29-38)36-25-26-40-41-17-7-11-33-12-8-18-46(48(33)41)47(40)30-36/h1-30H. The Morgan fingerprint density at radius 3 is 1.30 bits per heavy atom. The zero-order valence-electron chi connectivity index (χ0n) is 27.3. The summed E-state index contributed by atoms with van der Waals surface area (Å²) in [6.45, 7) is 0. The Morgan fingerprint density at radius 2 is 0.660 bits per heavy atom. The molecule has 0 heterocycles. The molecule has 0 fully saturated rings. The van der Waals surface area contributed by atoms with Crippen LogP contribution in [-0.4, -0.2) is 0 Å². The van der Waals surface area contributed by atoms with Gasteiger partial charge < -0.3 is 0 Å². The second kappa shape index (κ2) is 10.5. The van der Waals surface area contributed by atoms with Crippen molar-refractivity contribution in [2.45, 2.75) is 0 Å². The third-order valence-electron chi connectivity index (χ3n) is 10.9. The smallest absolute Gasteiger partial charge is 0.00262 e. The van der Waals surface area contributed by atoms with Crippen molar-refractivity contribution in [3.63, 3.8) is 0 Å². The van der Waals surface area contributed by atoms with Crippen LogP contribution in [0.25, 0.3) is 109 Å². The van der Waals surface area contributed by atoms with Crippen molar-refractivity contribution in [1.82, 2.24) is 0 Å². The summed E-state index contributed by atoms with van der Waals surface area (Å²) in [5.74, 6) is 0. The second-order valence-corrected chi connectivity index (χ2v) is 13.6. The molecule has 0 aliphatic heterocycles. The fourth-order valence-corrected chi connectivity index (χ4v) is 8.65. The van der Waals surface area contributed by atoms with Gasteiger partial charge in [0.2, 0.25) is 0 Å². The van der Waals surface area contributed by atoms with Gasteiger partial charge in [0.05, 0.1) is 0 Å². The number of hydrogen-bond donors (Lipinski definition) is 0. The van der Waals surface area contributed by atoms with E-state index < -0.39 is 0 Å². The van der Waals surface area contributed by atoms with Gasteiger partial charge in [-0.25, -0.2) is 0 Å². The van der Waals surface area contributed by atoms with Gasteiger partial charge in [0, 0.05) is 0 Å². The predicted molar refractivity (Wildman–Crippen MR) is 215 cm³/mol. The molecule has 0 saturated carbocycles. The molecule has 50 heavy (non-hydrogen) atoms. The van der Waals surface area contributed by atoms with E-state index in [1.807, 2.05) is 0 Å². The lowest BCUT2D eigenvalue weighted by atomic mass is 9.85. The average molecular weight is 631 g/mol. The van der Waals surface area contributed by atoms with E-state index >= 15 is 0 Å². The summed E-state index contributed by atoms with van der Waals surface area (Å²) in [6, 6.07) is 67.6. The highest BCUT2D eigenvalue weighted by Gasteiger charge is 2.22. The average Bonchev–Trinajstić information content (AvgIpc) is 3.50. The first-order valence-corrected chi connectivity index (χ1v) is 17.4. The highest BCUT2D eigenvalue weighted by molar-refractivity contribution is 6.22. The van der Waals surface area contributed by atoms with Crippen molar-refractivity contribution in [3.05, 3.63) is 182 Å². The molecule has 0 heteroatoms. The lowest BCUT2D eigenvalue weighted by Gasteiger charge is -2.18. The van der Waals surface area contributed by atoms with E-state index in [9.17, 15) is 0 Å². The molecule has 0 aromatic heterocycles. The van der Waals surface area contributed by atoms with Crippen molar-refractivity contribution in [3.8, 4) is 55.6 Å². The van der Waals surface area contributed by atoms with Gasteiger partial charge in [-0.05, 0) is 134 Å². The first-order chi connectivity index (χ1) is 24.8. The fraction of sp³-hybridized carbons (Fsp3) is 0. The predicted octanol–water partition coefficient (Wildman–Crippen LogP) is 14.1. The summed E-state index contributed by atoms with van der Waals surface area (Å²) in [7, 11) is 0. The van der Waals surface area contributed by atoms with E-state index in [0.717, 1.165) is 0 Å². The van der Waals surface area contributed by atoms with Crippen LogP contribution in [0, 0.1) is 0 Å². The van der Waals surface area contributed by atoms with Gasteiger partial charge in [-0.15, -0.1) is 0 Å². The number of hydrogen-bond acceptors (Lipinski definition) is 0. The van der Waals surface area contributed by atoms with Crippen LogP contribution in [0.2, 0.25) is 0 Å². The molecule has 0 unspecified atom stereocenters. The Bertz CT molecular complexity index is 2970. The molecule has 0 atom stereocenters. The lowest BCUT2D eigenvalue weighted by Crippen LogP contribution is -1.91. The molecule has 0 bridgehead atoms. The summed E-state index contributed by atoms with van der Waals surface area (Å²) >= 11 is 0. The quantitative estimate of drug-likeness (QED) is 0.170. The molecule has 0 spiro atoms. The molecule has 1 aliphatic carbocycles. The van der Waals surface area contributed by atoms with Gasteiger partial charge in [-0.3, -0.25) is 0 Å². The summed E-state index contributed by atoms with van der Waals surface area (Å²) in [5.41, 5.74) is 12.9. The Morgan fingerprint density at radius 1 is 0.220 bits per heavy atom. The van der Waals surface area contributed by atoms with E-state index in [2.05, 4.69) is 182 Å². The van der Waals surface area contributed by atoms with Crippen LogP contribution in [0.5, 0.6) is 0 Å². The van der Waals surface area contributed by atoms with E-state index in [1.165, 1.54) is 109 Å². The summed E-state index contributed by atoms with van der Waals surface area (Å²) in [6.07, 6.45) is 0. The van der Waals surface area contributed by atoms with Crippen LogP contribution < -0.4 is 0 Å². The number of benzene rings is 10. The van der Waals surface area contributed by atoms with Gasteiger partial charge >= 0.3 is 0 Å². The van der Waals surface area contributed by atoms with Crippen LogP contribution in [0.3, 0.4) is 0 Å². The molecule has 0 radical (unpaired) electrons. The maximum Gasteiger partial charge on any atom is -0.00262 e. The first kappa shape index (κ1) is 27.5.